The second-order valence-corrected chi connectivity index (χ2v) is 4.06. The van der Waals surface area contributed by atoms with Crippen molar-refractivity contribution in [2.24, 2.45) is 5.92 Å². The predicted molar refractivity (Wildman–Crippen MR) is 67.3 cm³/mol. The summed E-state index contributed by atoms with van der Waals surface area (Å²) in [7, 11) is 1.41. The number of carboxylic acid groups (broad SMARTS) is 1. The number of rotatable bonds is 7. The minimum absolute atomic E-state index is 0.0230. The van der Waals surface area contributed by atoms with Crippen molar-refractivity contribution in [3.63, 3.8) is 0 Å². The molecule has 0 amide bonds. The van der Waals surface area contributed by atoms with E-state index in [0.717, 1.165) is 0 Å². The normalized spacial score (nSPS) is 11.7. The number of aliphatic carboxylic acids is 1. The van der Waals surface area contributed by atoms with Crippen molar-refractivity contribution in [1.82, 2.24) is 4.98 Å². The van der Waals surface area contributed by atoms with Crippen LogP contribution in [0, 0.1) is 16.0 Å². The lowest BCUT2D eigenvalue weighted by Gasteiger charge is -2.11. The van der Waals surface area contributed by atoms with Gasteiger partial charge in [0.05, 0.1) is 12.0 Å². The van der Waals surface area contributed by atoms with E-state index < -0.39 is 10.9 Å². The number of nitro groups is 1. The molecule has 0 aromatic carbocycles. The van der Waals surface area contributed by atoms with E-state index in [4.69, 9.17) is 9.84 Å². The van der Waals surface area contributed by atoms with Crippen LogP contribution in [0.1, 0.15) is 13.3 Å². The van der Waals surface area contributed by atoms with Gasteiger partial charge in [0.1, 0.15) is 0 Å². The lowest BCUT2D eigenvalue weighted by atomic mass is 10.1. The predicted octanol–water partition coefficient (Wildman–Crippen LogP) is 1.52. The largest absolute Gasteiger partial charge is 0.481 e. The number of hydrogen-bond donors (Lipinski definition) is 2. The Morgan fingerprint density at radius 2 is 2.32 bits per heavy atom. The van der Waals surface area contributed by atoms with Gasteiger partial charge in [0.2, 0.25) is 11.7 Å². The maximum absolute atomic E-state index is 10.8. The number of aromatic nitrogens is 1. The number of nitrogens with one attached hydrogen (secondary N) is 1. The van der Waals surface area contributed by atoms with Crippen molar-refractivity contribution in [3.05, 3.63) is 22.2 Å². The average molecular weight is 269 g/mol. The summed E-state index contributed by atoms with van der Waals surface area (Å²) >= 11 is 0. The summed E-state index contributed by atoms with van der Waals surface area (Å²) in [6, 6.07) is 2.68. The van der Waals surface area contributed by atoms with Crippen LogP contribution in [0.4, 0.5) is 11.5 Å². The summed E-state index contributed by atoms with van der Waals surface area (Å²) in [5.74, 6) is -0.770. The molecule has 1 rings (SSSR count). The van der Waals surface area contributed by atoms with E-state index in [1.807, 2.05) is 0 Å². The number of nitrogens with zero attached hydrogens (tertiary/aromatic N) is 2. The SMILES string of the molecule is COc1ccc([N+](=O)[O-])c(NCC(C)CC(=O)O)n1. The maximum Gasteiger partial charge on any atom is 0.311 e. The molecular formula is C11H15N3O5. The molecular weight excluding hydrogens is 254 g/mol. The zero-order valence-electron chi connectivity index (χ0n) is 10.6. The molecule has 0 fully saturated rings. The quantitative estimate of drug-likeness (QED) is 0.569. The van der Waals surface area contributed by atoms with Gasteiger partial charge in [-0.2, -0.15) is 4.98 Å². The fraction of sp³-hybridized carbons (Fsp3) is 0.455. The van der Waals surface area contributed by atoms with Crippen molar-refractivity contribution in [3.8, 4) is 5.88 Å². The van der Waals surface area contributed by atoms with Crippen molar-refractivity contribution < 1.29 is 19.6 Å². The second-order valence-electron chi connectivity index (χ2n) is 4.06. The van der Waals surface area contributed by atoms with Gasteiger partial charge in [0, 0.05) is 25.1 Å². The molecule has 0 radical (unpaired) electrons. The Labute approximate surface area is 109 Å². The van der Waals surface area contributed by atoms with Gasteiger partial charge >= 0.3 is 11.7 Å². The first-order valence-electron chi connectivity index (χ1n) is 5.59. The maximum atomic E-state index is 10.8. The first-order chi connectivity index (χ1) is 8.93. The number of ether oxygens (including phenoxy) is 1. The van der Waals surface area contributed by atoms with Crippen LogP contribution in [0.2, 0.25) is 0 Å². The van der Waals surface area contributed by atoms with Crippen molar-refractivity contribution in [2.75, 3.05) is 19.0 Å². The standard InChI is InChI=1S/C11H15N3O5/c1-7(5-10(15)16)6-12-11-8(14(17)18)3-4-9(13-11)19-2/h3-4,7H,5-6H2,1-2H3,(H,12,13)(H,15,16). The van der Waals surface area contributed by atoms with Gasteiger partial charge in [-0.3, -0.25) is 14.9 Å². The molecule has 0 saturated heterocycles. The molecule has 1 heterocycles. The summed E-state index contributed by atoms with van der Waals surface area (Å²) in [5.41, 5.74) is -0.177. The lowest BCUT2D eigenvalue weighted by Crippen LogP contribution is -2.16. The highest BCUT2D eigenvalue weighted by molar-refractivity contribution is 5.67. The fourth-order valence-electron chi connectivity index (χ4n) is 1.47. The van der Waals surface area contributed by atoms with Crippen LogP contribution < -0.4 is 10.1 Å². The summed E-state index contributed by atoms with van der Waals surface area (Å²) in [5, 5.41) is 22.2. The van der Waals surface area contributed by atoms with Crippen LogP contribution in [0.15, 0.2) is 12.1 Å². The van der Waals surface area contributed by atoms with E-state index in [0.29, 0.717) is 0 Å². The van der Waals surface area contributed by atoms with E-state index in [1.165, 1.54) is 19.2 Å². The van der Waals surface area contributed by atoms with Crippen molar-refractivity contribution in [2.45, 2.75) is 13.3 Å². The van der Waals surface area contributed by atoms with Crippen LogP contribution in [0.3, 0.4) is 0 Å². The first kappa shape index (κ1) is 14.7. The van der Waals surface area contributed by atoms with Crippen LogP contribution in [0.5, 0.6) is 5.88 Å². The molecule has 1 aromatic rings. The third-order valence-electron chi connectivity index (χ3n) is 2.40. The molecule has 0 aliphatic rings. The third-order valence-corrected chi connectivity index (χ3v) is 2.40. The average Bonchev–Trinajstić information content (AvgIpc) is 2.34. The minimum Gasteiger partial charge on any atom is -0.481 e. The molecule has 2 N–H and O–H groups in total. The second kappa shape index (κ2) is 6.53. The minimum atomic E-state index is -0.914. The first-order valence-corrected chi connectivity index (χ1v) is 5.59. The highest BCUT2D eigenvalue weighted by Crippen LogP contribution is 2.25. The molecule has 0 aliphatic carbocycles. The lowest BCUT2D eigenvalue weighted by molar-refractivity contribution is -0.384. The van der Waals surface area contributed by atoms with Gasteiger partial charge in [-0.15, -0.1) is 0 Å². The number of anilines is 1. The topological polar surface area (TPSA) is 115 Å². The number of methoxy groups -OCH3 is 1. The molecule has 0 aliphatic heterocycles. The number of hydrogen-bond acceptors (Lipinski definition) is 6. The molecule has 0 spiro atoms. The number of carbonyl (C=O) groups is 1. The molecule has 1 atom stereocenters. The Morgan fingerprint density at radius 3 is 2.84 bits per heavy atom. The Morgan fingerprint density at radius 1 is 1.63 bits per heavy atom. The van der Waals surface area contributed by atoms with E-state index in [1.54, 1.807) is 6.92 Å². The summed E-state index contributed by atoms with van der Waals surface area (Å²) < 4.78 is 4.89. The molecule has 0 saturated carbocycles. The Hall–Kier alpha value is -2.38. The molecule has 104 valence electrons. The van der Waals surface area contributed by atoms with Gasteiger partial charge in [-0.1, -0.05) is 6.92 Å². The smallest absolute Gasteiger partial charge is 0.311 e. The van der Waals surface area contributed by atoms with Crippen LogP contribution >= 0.6 is 0 Å². The van der Waals surface area contributed by atoms with Crippen LogP contribution in [-0.4, -0.2) is 34.6 Å². The van der Waals surface area contributed by atoms with Gasteiger partial charge in [-0.25, -0.2) is 0 Å². The van der Waals surface area contributed by atoms with E-state index in [2.05, 4.69) is 10.3 Å². The zero-order chi connectivity index (χ0) is 14.4. The summed E-state index contributed by atoms with van der Waals surface area (Å²) in [6.45, 7) is 2.00. The number of carboxylic acids is 1. The molecule has 8 heteroatoms. The van der Waals surface area contributed by atoms with Gasteiger partial charge in [0.15, 0.2) is 0 Å². The van der Waals surface area contributed by atoms with Crippen molar-refractivity contribution in [1.29, 1.82) is 0 Å². The van der Waals surface area contributed by atoms with Crippen LogP contribution in [0.25, 0.3) is 0 Å². The molecule has 1 aromatic heterocycles. The summed E-state index contributed by atoms with van der Waals surface area (Å²) in [6.07, 6.45) is -0.0230. The van der Waals surface area contributed by atoms with E-state index in [9.17, 15) is 14.9 Å². The Kier molecular flexibility index (Phi) is 5.04. The molecule has 8 nitrogen and oxygen atoms in total. The van der Waals surface area contributed by atoms with E-state index in [-0.39, 0.29) is 36.3 Å². The van der Waals surface area contributed by atoms with Crippen LogP contribution in [-0.2, 0) is 4.79 Å². The fourth-order valence-corrected chi connectivity index (χ4v) is 1.47. The highest BCUT2D eigenvalue weighted by Gasteiger charge is 2.17. The number of pyridine rings is 1. The summed E-state index contributed by atoms with van der Waals surface area (Å²) in [4.78, 5) is 24.7. The monoisotopic (exact) mass is 269 g/mol. The van der Waals surface area contributed by atoms with Gasteiger partial charge in [-0.05, 0) is 5.92 Å². The van der Waals surface area contributed by atoms with Crippen molar-refractivity contribution >= 4 is 17.5 Å². The Bertz CT molecular complexity index is 477. The molecule has 0 bridgehead atoms. The highest BCUT2D eigenvalue weighted by atomic mass is 16.6. The molecule has 19 heavy (non-hydrogen) atoms. The van der Waals surface area contributed by atoms with Gasteiger partial charge < -0.3 is 15.2 Å². The zero-order valence-corrected chi connectivity index (χ0v) is 10.6. The van der Waals surface area contributed by atoms with E-state index >= 15 is 0 Å². The third kappa shape index (κ3) is 4.41. The Balaban J connectivity index is 2.80. The van der Waals surface area contributed by atoms with Gasteiger partial charge in [0.25, 0.3) is 0 Å². The molecule has 1 unspecified atom stereocenters.